The van der Waals surface area contributed by atoms with Crippen LogP contribution in [0, 0.1) is 5.92 Å². The van der Waals surface area contributed by atoms with Crippen molar-refractivity contribution in [1.29, 1.82) is 0 Å². The molecule has 2 unspecified atom stereocenters. The van der Waals surface area contributed by atoms with E-state index in [0.717, 1.165) is 12.8 Å². The number of rotatable bonds is 8. The Morgan fingerprint density at radius 1 is 1.43 bits per heavy atom. The fourth-order valence-electron chi connectivity index (χ4n) is 2.50. The number of carboxylic acids is 1. The molecule has 1 amide bonds. The molecule has 1 rings (SSSR count). The van der Waals surface area contributed by atoms with Gasteiger partial charge >= 0.3 is 5.97 Å². The van der Waals surface area contributed by atoms with Gasteiger partial charge in [0.1, 0.15) is 6.04 Å². The number of ether oxygens (including phenoxy) is 1. The Morgan fingerprint density at radius 2 is 2.14 bits per heavy atom. The number of amides is 1. The van der Waals surface area contributed by atoms with Crippen LogP contribution < -0.4 is 5.32 Å². The molecule has 0 radical (unpaired) electrons. The monoisotopic (exact) mass is 300 g/mol. The fourth-order valence-corrected chi connectivity index (χ4v) is 2.50. The van der Waals surface area contributed by atoms with Crippen molar-refractivity contribution < 1.29 is 19.4 Å². The molecule has 0 aromatic rings. The maximum absolute atomic E-state index is 11.9. The number of carbonyl (C=O) groups excluding carboxylic acids is 1. The molecule has 1 saturated heterocycles. The Kier molecular flexibility index (Phi) is 7.67. The van der Waals surface area contributed by atoms with Crippen LogP contribution in [0.1, 0.15) is 40.0 Å². The van der Waals surface area contributed by atoms with Crippen LogP contribution >= 0.6 is 0 Å². The second kappa shape index (κ2) is 9.00. The highest BCUT2D eigenvalue weighted by atomic mass is 16.5. The molecule has 1 fully saturated rings. The van der Waals surface area contributed by atoms with Gasteiger partial charge < -0.3 is 15.2 Å². The maximum atomic E-state index is 11.9. The van der Waals surface area contributed by atoms with Crippen LogP contribution in [0.4, 0.5) is 0 Å². The number of hydrogen-bond donors (Lipinski definition) is 2. The Bertz CT molecular complexity index is 347. The fraction of sp³-hybridized carbons (Fsp3) is 0.867. The SMILES string of the molecule is CC1CCN(CC(=O)NCCCOC(C)C)C(C(=O)O)C1. The van der Waals surface area contributed by atoms with E-state index in [1.165, 1.54) is 0 Å². The molecule has 2 atom stereocenters. The molecule has 1 aliphatic rings. The molecule has 21 heavy (non-hydrogen) atoms. The average Bonchev–Trinajstić information content (AvgIpc) is 2.39. The van der Waals surface area contributed by atoms with Gasteiger partial charge in [0.25, 0.3) is 0 Å². The van der Waals surface area contributed by atoms with Gasteiger partial charge in [0, 0.05) is 13.2 Å². The van der Waals surface area contributed by atoms with Crippen LogP contribution in [0.3, 0.4) is 0 Å². The summed E-state index contributed by atoms with van der Waals surface area (Å²) in [7, 11) is 0. The molecule has 1 heterocycles. The minimum atomic E-state index is -0.834. The predicted molar refractivity (Wildman–Crippen MR) is 80.1 cm³/mol. The maximum Gasteiger partial charge on any atom is 0.320 e. The van der Waals surface area contributed by atoms with E-state index in [9.17, 15) is 14.7 Å². The number of aliphatic carboxylic acids is 1. The third-order valence-corrected chi connectivity index (χ3v) is 3.70. The molecule has 0 saturated carbocycles. The predicted octanol–water partition coefficient (Wildman–Crippen LogP) is 1.10. The topological polar surface area (TPSA) is 78.9 Å². The molecule has 1 aliphatic heterocycles. The Labute approximate surface area is 126 Å². The van der Waals surface area contributed by atoms with Gasteiger partial charge in [-0.25, -0.2) is 0 Å². The Hall–Kier alpha value is -1.14. The number of nitrogens with zero attached hydrogens (tertiary/aromatic N) is 1. The highest BCUT2D eigenvalue weighted by molar-refractivity contribution is 5.80. The van der Waals surface area contributed by atoms with Crippen molar-refractivity contribution >= 4 is 11.9 Å². The lowest BCUT2D eigenvalue weighted by atomic mass is 9.92. The zero-order valence-electron chi connectivity index (χ0n) is 13.3. The summed E-state index contributed by atoms with van der Waals surface area (Å²) in [5.41, 5.74) is 0. The van der Waals surface area contributed by atoms with Crippen LogP contribution in [-0.4, -0.2) is 60.3 Å². The average molecular weight is 300 g/mol. The summed E-state index contributed by atoms with van der Waals surface area (Å²) in [6.07, 6.45) is 2.53. The molecule has 0 aliphatic carbocycles. The van der Waals surface area contributed by atoms with Gasteiger partial charge in [-0.05, 0) is 45.6 Å². The molecule has 122 valence electrons. The number of likely N-dealkylation sites (tertiary alicyclic amines) is 1. The van der Waals surface area contributed by atoms with Gasteiger partial charge in [-0.1, -0.05) is 6.92 Å². The first kappa shape index (κ1) is 17.9. The zero-order chi connectivity index (χ0) is 15.8. The van der Waals surface area contributed by atoms with Crippen molar-refractivity contribution in [3.8, 4) is 0 Å². The summed E-state index contributed by atoms with van der Waals surface area (Å²) in [6, 6.07) is -0.538. The van der Waals surface area contributed by atoms with E-state index in [1.54, 1.807) is 4.90 Å². The number of carbonyl (C=O) groups is 2. The normalized spacial score (nSPS) is 23.2. The van der Waals surface area contributed by atoms with E-state index in [2.05, 4.69) is 12.2 Å². The van der Waals surface area contributed by atoms with Crippen molar-refractivity contribution in [1.82, 2.24) is 10.2 Å². The number of hydrogen-bond acceptors (Lipinski definition) is 4. The van der Waals surface area contributed by atoms with Crippen molar-refractivity contribution in [3.63, 3.8) is 0 Å². The van der Waals surface area contributed by atoms with Gasteiger partial charge in [0.05, 0.1) is 12.6 Å². The van der Waals surface area contributed by atoms with E-state index in [-0.39, 0.29) is 18.6 Å². The van der Waals surface area contributed by atoms with E-state index >= 15 is 0 Å². The number of piperidine rings is 1. The van der Waals surface area contributed by atoms with E-state index in [1.807, 2.05) is 13.8 Å². The molecule has 0 aromatic heterocycles. The van der Waals surface area contributed by atoms with Gasteiger partial charge in [-0.2, -0.15) is 0 Å². The van der Waals surface area contributed by atoms with Gasteiger partial charge in [-0.15, -0.1) is 0 Å². The van der Waals surface area contributed by atoms with E-state index < -0.39 is 12.0 Å². The first-order chi connectivity index (χ1) is 9.90. The molecule has 0 spiro atoms. The van der Waals surface area contributed by atoms with Crippen LogP contribution in [-0.2, 0) is 14.3 Å². The lowest BCUT2D eigenvalue weighted by Gasteiger charge is -2.35. The lowest BCUT2D eigenvalue weighted by Crippen LogP contribution is -2.50. The smallest absolute Gasteiger partial charge is 0.320 e. The Morgan fingerprint density at radius 3 is 2.76 bits per heavy atom. The first-order valence-electron chi connectivity index (χ1n) is 7.75. The van der Waals surface area contributed by atoms with Crippen molar-refractivity contribution in [2.24, 2.45) is 5.92 Å². The minimum absolute atomic E-state index is 0.111. The van der Waals surface area contributed by atoms with Crippen LogP contribution in [0.2, 0.25) is 0 Å². The quantitative estimate of drug-likeness (QED) is 0.656. The molecular formula is C15H28N2O4. The number of nitrogens with one attached hydrogen (secondary N) is 1. The van der Waals surface area contributed by atoms with Crippen LogP contribution in [0.25, 0.3) is 0 Å². The summed E-state index contributed by atoms with van der Waals surface area (Å²) < 4.78 is 5.39. The standard InChI is InChI=1S/C15H28N2O4/c1-11(2)21-8-4-6-16-14(18)10-17-7-5-12(3)9-13(17)15(19)20/h11-13H,4-10H2,1-3H3,(H,16,18)(H,19,20). The van der Waals surface area contributed by atoms with E-state index in [4.69, 9.17) is 4.74 Å². The minimum Gasteiger partial charge on any atom is -0.480 e. The van der Waals surface area contributed by atoms with Gasteiger partial charge in [-0.3, -0.25) is 14.5 Å². The third-order valence-electron chi connectivity index (χ3n) is 3.70. The van der Waals surface area contributed by atoms with Crippen molar-refractivity contribution in [2.45, 2.75) is 52.2 Å². The highest BCUT2D eigenvalue weighted by Gasteiger charge is 2.32. The summed E-state index contributed by atoms with van der Waals surface area (Å²) >= 11 is 0. The summed E-state index contributed by atoms with van der Waals surface area (Å²) in [6.45, 7) is 8.02. The van der Waals surface area contributed by atoms with Gasteiger partial charge in [0.2, 0.25) is 5.91 Å². The largest absolute Gasteiger partial charge is 0.480 e. The number of carboxylic acid groups (broad SMARTS) is 1. The second-order valence-corrected chi connectivity index (χ2v) is 6.08. The molecule has 0 aromatic carbocycles. The van der Waals surface area contributed by atoms with Crippen LogP contribution in [0.5, 0.6) is 0 Å². The molecular weight excluding hydrogens is 272 g/mol. The van der Waals surface area contributed by atoms with E-state index in [0.29, 0.717) is 32.0 Å². The third kappa shape index (κ3) is 6.91. The molecule has 2 N–H and O–H groups in total. The van der Waals surface area contributed by atoms with Crippen LogP contribution in [0.15, 0.2) is 0 Å². The second-order valence-electron chi connectivity index (χ2n) is 6.08. The summed E-state index contributed by atoms with van der Waals surface area (Å²) in [5, 5.41) is 12.1. The summed E-state index contributed by atoms with van der Waals surface area (Å²) in [4.78, 5) is 24.9. The molecule has 6 nitrogen and oxygen atoms in total. The van der Waals surface area contributed by atoms with Crippen molar-refractivity contribution in [2.75, 3.05) is 26.2 Å². The zero-order valence-corrected chi connectivity index (χ0v) is 13.3. The highest BCUT2D eigenvalue weighted by Crippen LogP contribution is 2.22. The van der Waals surface area contributed by atoms with Gasteiger partial charge in [0.15, 0.2) is 0 Å². The molecule has 6 heteroatoms. The molecule has 0 bridgehead atoms. The first-order valence-corrected chi connectivity index (χ1v) is 7.75. The Balaban J connectivity index is 2.27. The lowest BCUT2D eigenvalue weighted by molar-refractivity contribution is -0.146. The van der Waals surface area contributed by atoms with Crippen molar-refractivity contribution in [3.05, 3.63) is 0 Å². The summed E-state index contributed by atoms with van der Waals surface area (Å²) in [5.74, 6) is -0.543.